The van der Waals surface area contributed by atoms with Crippen LogP contribution in [0, 0.1) is 0 Å². The second-order valence-electron chi connectivity index (χ2n) is 6.73. The van der Waals surface area contributed by atoms with E-state index in [4.69, 9.17) is 11.6 Å². The minimum atomic E-state index is -3.67. The normalized spacial score (nSPS) is 14.5. The minimum Gasteiger partial charge on any atom is -0.324 e. The predicted molar refractivity (Wildman–Crippen MR) is 118 cm³/mol. The van der Waals surface area contributed by atoms with Crippen molar-refractivity contribution in [1.82, 2.24) is 9.29 Å². The summed E-state index contributed by atoms with van der Waals surface area (Å²) in [6, 6.07) is 4.24. The fraction of sp³-hybridized carbons (Fsp3) is 0.421. The molecule has 1 fully saturated rings. The van der Waals surface area contributed by atoms with Gasteiger partial charge in [0.1, 0.15) is 0 Å². The molecule has 1 N–H and O–H groups in total. The van der Waals surface area contributed by atoms with Gasteiger partial charge in [0.05, 0.1) is 27.7 Å². The summed E-state index contributed by atoms with van der Waals surface area (Å²) in [5, 5.41) is 5.23. The van der Waals surface area contributed by atoms with Crippen LogP contribution in [0.25, 0.3) is 0 Å². The number of rotatable bonds is 8. The zero-order chi connectivity index (χ0) is 21.9. The molecule has 0 spiro atoms. The zero-order valence-corrected chi connectivity index (χ0v) is 19.1. The Hall–Kier alpha value is -2.01. The van der Waals surface area contributed by atoms with Crippen LogP contribution < -0.4 is 10.2 Å². The summed E-state index contributed by atoms with van der Waals surface area (Å²) in [7, 11) is -3.67. The molecular weight excluding hydrogens is 448 g/mol. The number of hydrogen-bond acceptors (Lipinski definition) is 6. The molecule has 0 aliphatic carbocycles. The summed E-state index contributed by atoms with van der Waals surface area (Å²) < 4.78 is 26.8. The smallest absolute Gasteiger partial charge is 0.243 e. The molecule has 30 heavy (non-hydrogen) atoms. The number of amides is 2. The van der Waals surface area contributed by atoms with Crippen LogP contribution >= 0.6 is 22.9 Å². The van der Waals surface area contributed by atoms with Gasteiger partial charge in [0.15, 0.2) is 5.13 Å². The minimum absolute atomic E-state index is 0.0120. The van der Waals surface area contributed by atoms with Gasteiger partial charge in [0.2, 0.25) is 21.8 Å². The van der Waals surface area contributed by atoms with Crippen LogP contribution in [0.3, 0.4) is 0 Å². The van der Waals surface area contributed by atoms with E-state index in [-0.39, 0.29) is 33.8 Å². The van der Waals surface area contributed by atoms with Crippen LogP contribution in [-0.4, -0.2) is 49.2 Å². The molecule has 11 heteroatoms. The number of nitrogens with zero attached hydrogens (tertiary/aromatic N) is 3. The van der Waals surface area contributed by atoms with Crippen molar-refractivity contribution in [3.8, 4) is 0 Å². The average Bonchev–Trinajstić information content (AvgIpc) is 3.32. The summed E-state index contributed by atoms with van der Waals surface area (Å²) in [5.41, 5.74) is 0.760. The van der Waals surface area contributed by atoms with Crippen LogP contribution in [0.15, 0.2) is 28.5 Å². The quantitative estimate of drug-likeness (QED) is 0.638. The van der Waals surface area contributed by atoms with Crippen molar-refractivity contribution in [3.63, 3.8) is 0 Å². The lowest BCUT2D eigenvalue weighted by Crippen LogP contribution is -2.30. The van der Waals surface area contributed by atoms with Gasteiger partial charge in [-0.05, 0) is 24.6 Å². The van der Waals surface area contributed by atoms with Gasteiger partial charge in [-0.15, -0.1) is 11.3 Å². The first-order chi connectivity index (χ1) is 14.3. The number of anilines is 2. The standard InChI is InChI=1S/C19H23ClN4O4S2/c1-3-23(4-2)30(27,28)14-7-8-15(20)16(11-14)22-17(25)10-13-12-29-19(21-13)24-9-5-6-18(24)26/h7-8,11-12H,3-6,9-10H2,1-2H3,(H,22,25). The molecule has 2 heterocycles. The lowest BCUT2D eigenvalue weighted by Gasteiger charge is -2.19. The molecule has 0 bridgehead atoms. The highest BCUT2D eigenvalue weighted by Gasteiger charge is 2.25. The molecule has 0 atom stereocenters. The van der Waals surface area contributed by atoms with E-state index in [0.717, 1.165) is 6.42 Å². The number of thiazole rings is 1. The van der Waals surface area contributed by atoms with E-state index in [1.807, 2.05) is 0 Å². The molecule has 3 rings (SSSR count). The maximum absolute atomic E-state index is 12.7. The van der Waals surface area contributed by atoms with E-state index < -0.39 is 10.0 Å². The third kappa shape index (κ3) is 4.83. The fourth-order valence-corrected chi connectivity index (χ4v) is 5.70. The molecule has 1 aromatic heterocycles. The molecule has 2 aromatic rings. The van der Waals surface area contributed by atoms with Gasteiger partial charge < -0.3 is 5.32 Å². The number of carbonyl (C=O) groups is 2. The van der Waals surface area contributed by atoms with E-state index in [9.17, 15) is 18.0 Å². The summed E-state index contributed by atoms with van der Waals surface area (Å²) in [6.07, 6.45) is 1.31. The molecule has 1 saturated heterocycles. The molecule has 8 nitrogen and oxygen atoms in total. The van der Waals surface area contributed by atoms with Crippen molar-refractivity contribution in [3.05, 3.63) is 34.3 Å². The van der Waals surface area contributed by atoms with E-state index >= 15 is 0 Å². The van der Waals surface area contributed by atoms with Gasteiger partial charge in [-0.1, -0.05) is 25.4 Å². The Bertz CT molecular complexity index is 1050. The second-order valence-corrected chi connectivity index (χ2v) is 9.91. The summed E-state index contributed by atoms with van der Waals surface area (Å²) in [4.78, 5) is 30.4. The molecule has 0 saturated carbocycles. The molecule has 1 aliphatic rings. The number of carbonyl (C=O) groups excluding carboxylic acids is 2. The lowest BCUT2D eigenvalue weighted by atomic mass is 10.3. The van der Waals surface area contributed by atoms with E-state index in [2.05, 4.69) is 10.3 Å². The molecule has 1 aromatic carbocycles. The monoisotopic (exact) mass is 470 g/mol. The summed E-state index contributed by atoms with van der Waals surface area (Å²) in [5.74, 6) is -0.336. The zero-order valence-electron chi connectivity index (χ0n) is 16.7. The Labute approximate surface area is 184 Å². The van der Waals surface area contributed by atoms with Crippen molar-refractivity contribution >= 4 is 55.6 Å². The third-order valence-electron chi connectivity index (χ3n) is 4.74. The summed E-state index contributed by atoms with van der Waals surface area (Å²) in [6.45, 7) is 4.85. The van der Waals surface area contributed by atoms with E-state index in [1.54, 1.807) is 24.1 Å². The second kappa shape index (κ2) is 9.42. The van der Waals surface area contributed by atoms with Crippen molar-refractivity contribution in [1.29, 1.82) is 0 Å². The Balaban J connectivity index is 1.72. The molecule has 0 radical (unpaired) electrons. The van der Waals surface area contributed by atoms with Gasteiger partial charge in [0, 0.05) is 31.4 Å². The number of halogens is 1. The molecule has 0 unspecified atom stereocenters. The average molecular weight is 471 g/mol. The number of hydrogen-bond donors (Lipinski definition) is 1. The van der Waals surface area contributed by atoms with Crippen LogP contribution in [0.1, 0.15) is 32.4 Å². The van der Waals surface area contributed by atoms with E-state index in [0.29, 0.717) is 36.9 Å². The van der Waals surface area contributed by atoms with Crippen LogP contribution in [0.5, 0.6) is 0 Å². The highest BCUT2D eigenvalue weighted by Crippen LogP contribution is 2.28. The van der Waals surface area contributed by atoms with Crippen molar-refractivity contribution in [2.24, 2.45) is 0 Å². The largest absolute Gasteiger partial charge is 0.324 e. The number of sulfonamides is 1. The number of nitrogens with one attached hydrogen (secondary N) is 1. The fourth-order valence-electron chi connectivity index (χ4n) is 3.18. The first-order valence-corrected chi connectivity index (χ1v) is 12.3. The van der Waals surface area contributed by atoms with Crippen LogP contribution in [0.4, 0.5) is 10.8 Å². The predicted octanol–water partition coefficient (Wildman–Crippen LogP) is 3.14. The maximum atomic E-state index is 12.7. The number of aromatic nitrogens is 1. The lowest BCUT2D eigenvalue weighted by molar-refractivity contribution is -0.117. The van der Waals surface area contributed by atoms with Crippen molar-refractivity contribution in [2.75, 3.05) is 29.9 Å². The van der Waals surface area contributed by atoms with Crippen molar-refractivity contribution in [2.45, 2.75) is 38.0 Å². The Morgan fingerprint density at radius 1 is 1.33 bits per heavy atom. The Morgan fingerprint density at radius 2 is 2.07 bits per heavy atom. The molecule has 2 amide bonds. The SMILES string of the molecule is CCN(CC)S(=O)(=O)c1ccc(Cl)c(NC(=O)Cc2csc(N3CCCC3=O)n2)c1. The summed E-state index contributed by atoms with van der Waals surface area (Å²) >= 11 is 7.49. The van der Waals surface area contributed by atoms with Gasteiger partial charge in [-0.2, -0.15) is 4.31 Å². The van der Waals surface area contributed by atoms with Crippen molar-refractivity contribution < 1.29 is 18.0 Å². The van der Waals surface area contributed by atoms with Crippen LogP contribution in [0.2, 0.25) is 5.02 Å². The molecular formula is C19H23ClN4O4S2. The third-order valence-corrected chi connectivity index (χ3v) is 8.03. The van der Waals surface area contributed by atoms with Crippen LogP contribution in [-0.2, 0) is 26.0 Å². The highest BCUT2D eigenvalue weighted by atomic mass is 35.5. The Kier molecular flexibility index (Phi) is 7.12. The van der Waals surface area contributed by atoms with Gasteiger partial charge >= 0.3 is 0 Å². The first kappa shape index (κ1) is 22.7. The maximum Gasteiger partial charge on any atom is 0.243 e. The number of benzene rings is 1. The van der Waals surface area contributed by atoms with E-state index in [1.165, 1.54) is 33.8 Å². The highest BCUT2D eigenvalue weighted by molar-refractivity contribution is 7.89. The van der Waals surface area contributed by atoms with Gasteiger partial charge in [-0.3, -0.25) is 14.5 Å². The topological polar surface area (TPSA) is 99.7 Å². The molecule has 1 aliphatic heterocycles. The van der Waals surface area contributed by atoms with Gasteiger partial charge in [-0.25, -0.2) is 13.4 Å². The first-order valence-electron chi connectivity index (χ1n) is 9.60. The Morgan fingerprint density at radius 3 is 2.70 bits per heavy atom. The van der Waals surface area contributed by atoms with Gasteiger partial charge in [0.25, 0.3) is 0 Å². The molecule has 162 valence electrons.